The van der Waals surface area contributed by atoms with Crippen molar-refractivity contribution < 1.29 is 13.2 Å². The van der Waals surface area contributed by atoms with Crippen LogP contribution in [0.3, 0.4) is 0 Å². The highest BCUT2D eigenvalue weighted by Crippen LogP contribution is 2.23. The number of amides is 1. The Balaban J connectivity index is 2.47. The summed E-state index contributed by atoms with van der Waals surface area (Å²) in [6.45, 7) is 5.44. The van der Waals surface area contributed by atoms with Gasteiger partial charge in [0.1, 0.15) is 0 Å². The van der Waals surface area contributed by atoms with Crippen molar-refractivity contribution in [2.24, 2.45) is 0 Å². The molecule has 0 atom stereocenters. The van der Waals surface area contributed by atoms with Crippen LogP contribution in [0.1, 0.15) is 27.0 Å². The molecule has 0 aromatic heterocycles. The van der Waals surface area contributed by atoms with E-state index in [-0.39, 0.29) is 10.8 Å². The van der Waals surface area contributed by atoms with Gasteiger partial charge in [-0.25, -0.2) is 8.42 Å². The lowest BCUT2D eigenvalue weighted by atomic mass is 10.1. The zero-order valence-corrected chi connectivity index (χ0v) is 14.4. The molecule has 5 nitrogen and oxygen atoms in total. The Kier molecular flexibility index (Phi) is 4.75. The van der Waals surface area contributed by atoms with Crippen molar-refractivity contribution in [2.45, 2.75) is 25.7 Å². The fraction of sp³-hybridized carbons (Fsp3) is 0.235. The molecule has 0 aliphatic heterocycles. The van der Waals surface area contributed by atoms with Crippen LogP contribution in [0.25, 0.3) is 0 Å². The lowest BCUT2D eigenvalue weighted by Crippen LogP contribution is -2.20. The molecule has 0 bridgehead atoms. The lowest BCUT2D eigenvalue weighted by Gasteiger charge is -2.14. The van der Waals surface area contributed by atoms with Gasteiger partial charge >= 0.3 is 0 Å². The fourth-order valence-electron chi connectivity index (χ4n) is 2.22. The average Bonchev–Trinajstić information content (AvgIpc) is 2.50. The van der Waals surface area contributed by atoms with Crippen molar-refractivity contribution in [3.05, 3.63) is 58.7 Å². The molecule has 2 N–H and O–H groups in total. The molecule has 0 heterocycles. The summed E-state index contributed by atoms with van der Waals surface area (Å²) >= 11 is 0. The van der Waals surface area contributed by atoms with Gasteiger partial charge in [0.25, 0.3) is 15.9 Å². The van der Waals surface area contributed by atoms with Crippen molar-refractivity contribution in [2.75, 3.05) is 11.8 Å². The molecule has 0 radical (unpaired) electrons. The highest BCUT2D eigenvalue weighted by Gasteiger charge is 2.19. The average molecular weight is 332 g/mol. The van der Waals surface area contributed by atoms with Crippen LogP contribution in [-0.4, -0.2) is 21.4 Å². The third-order valence-corrected chi connectivity index (χ3v) is 5.11. The first-order chi connectivity index (χ1) is 10.7. The zero-order valence-electron chi connectivity index (χ0n) is 13.6. The van der Waals surface area contributed by atoms with Crippen LogP contribution in [0.15, 0.2) is 41.3 Å². The van der Waals surface area contributed by atoms with Gasteiger partial charge in [-0.1, -0.05) is 18.2 Å². The van der Waals surface area contributed by atoms with Crippen molar-refractivity contribution in [3.8, 4) is 0 Å². The Bertz CT molecular complexity index is 858. The van der Waals surface area contributed by atoms with Crippen molar-refractivity contribution in [3.63, 3.8) is 0 Å². The van der Waals surface area contributed by atoms with E-state index in [2.05, 4.69) is 10.0 Å². The van der Waals surface area contributed by atoms with E-state index in [1.807, 2.05) is 26.0 Å². The Hall–Kier alpha value is -2.34. The van der Waals surface area contributed by atoms with Crippen LogP contribution < -0.4 is 10.0 Å². The molecule has 0 fully saturated rings. The molecule has 122 valence electrons. The van der Waals surface area contributed by atoms with Crippen LogP contribution >= 0.6 is 0 Å². The van der Waals surface area contributed by atoms with Gasteiger partial charge in [-0.2, -0.15) is 0 Å². The minimum atomic E-state index is -3.78. The first-order valence-electron chi connectivity index (χ1n) is 7.17. The first-order valence-corrected chi connectivity index (χ1v) is 8.65. The quantitative estimate of drug-likeness (QED) is 0.904. The number of carbonyl (C=O) groups excluding carboxylic acids is 1. The molecule has 0 saturated carbocycles. The predicted molar refractivity (Wildman–Crippen MR) is 91.3 cm³/mol. The van der Waals surface area contributed by atoms with Gasteiger partial charge in [0.15, 0.2) is 0 Å². The van der Waals surface area contributed by atoms with E-state index in [1.165, 1.54) is 13.1 Å². The van der Waals surface area contributed by atoms with E-state index in [4.69, 9.17) is 0 Å². The summed E-state index contributed by atoms with van der Waals surface area (Å²) in [5.41, 5.74) is 3.22. The molecule has 1 amide bonds. The number of benzene rings is 2. The Labute approximate surface area is 136 Å². The Morgan fingerprint density at radius 3 is 2.26 bits per heavy atom. The number of aryl methyl sites for hydroxylation is 3. The fourth-order valence-corrected chi connectivity index (χ4v) is 3.61. The number of anilines is 1. The summed E-state index contributed by atoms with van der Waals surface area (Å²) in [5, 5.41) is 2.49. The van der Waals surface area contributed by atoms with Gasteiger partial charge < -0.3 is 5.32 Å². The summed E-state index contributed by atoms with van der Waals surface area (Å²) in [7, 11) is -2.27. The summed E-state index contributed by atoms with van der Waals surface area (Å²) in [6.07, 6.45) is 0. The summed E-state index contributed by atoms with van der Waals surface area (Å²) in [6, 6.07) is 10.2. The second-order valence-corrected chi connectivity index (χ2v) is 7.13. The topological polar surface area (TPSA) is 75.3 Å². The van der Waals surface area contributed by atoms with Crippen LogP contribution in [0, 0.1) is 20.8 Å². The first kappa shape index (κ1) is 17.0. The van der Waals surface area contributed by atoms with E-state index < -0.39 is 10.0 Å². The molecule has 0 aliphatic carbocycles. The molecule has 6 heteroatoms. The number of hydrogen-bond donors (Lipinski definition) is 2. The molecule has 0 spiro atoms. The third-order valence-electron chi connectivity index (χ3n) is 3.60. The van der Waals surface area contributed by atoms with Crippen LogP contribution in [0.2, 0.25) is 0 Å². The van der Waals surface area contributed by atoms with E-state index in [0.29, 0.717) is 16.8 Å². The third kappa shape index (κ3) is 3.71. The maximum atomic E-state index is 12.7. The second kappa shape index (κ2) is 6.42. The van der Waals surface area contributed by atoms with Crippen molar-refractivity contribution in [1.82, 2.24) is 5.32 Å². The predicted octanol–water partition coefficient (Wildman–Crippen LogP) is 2.77. The van der Waals surface area contributed by atoms with Gasteiger partial charge in [0.2, 0.25) is 0 Å². The van der Waals surface area contributed by atoms with E-state index in [1.54, 1.807) is 25.1 Å². The van der Waals surface area contributed by atoms with Gasteiger partial charge in [0.05, 0.1) is 10.6 Å². The minimum absolute atomic E-state index is 0.0968. The van der Waals surface area contributed by atoms with Gasteiger partial charge in [-0.15, -0.1) is 0 Å². The Morgan fingerprint density at radius 1 is 0.957 bits per heavy atom. The van der Waals surface area contributed by atoms with Gasteiger partial charge in [-0.05, 0) is 55.7 Å². The molecule has 23 heavy (non-hydrogen) atoms. The number of sulfonamides is 1. The van der Waals surface area contributed by atoms with Crippen LogP contribution in [0.4, 0.5) is 5.69 Å². The minimum Gasteiger partial charge on any atom is -0.355 e. The molecule has 0 aliphatic rings. The molecule has 0 unspecified atom stereocenters. The standard InChI is InChI=1S/C17H20N2O3S/c1-11-5-6-12(2)15(9-11)19-23(21,22)16-10-14(17(20)18-4)8-7-13(16)3/h5-10,19H,1-4H3,(H,18,20). The molecule has 2 rings (SSSR count). The van der Waals surface area contributed by atoms with Crippen molar-refractivity contribution >= 4 is 21.6 Å². The van der Waals surface area contributed by atoms with Crippen LogP contribution in [-0.2, 0) is 10.0 Å². The monoisotopic (exact) mass is 332 g/mol. The number of hydrogen-bond acceptors (Lipinski definition) is 3. The van der Waals surface area contributed by atoms with Gasteiger partial charge in [-0.3, -0.25) is 9.52 Å². The highest BCUT2D eigenvalue weighted by atomic mass is 32.2. The van der Waals surface area contributed by atoms with E-state index in [0.717, 1.165) is 11.1 Å². The zero-order chi connectivity index (χ0) is 17.2. The lowest BCUT2D eigenvalue weighted by molar-refractivity contribution is 0.0963. The van der Waals surface area contributed by atoms with Crippen LogP contribution in [0.5, 0.6) is 0 Å². The number of nitrogens with one attached hydrogen (secondary N) is 2. The maximum absolute atomic E-state index is 12.7. The van der Waals surface area contributed by atoms with Crippen molar-refractivity contribution in [1.29, 1.82) is 0 Å². The maximum Gasteiger partial charge on any atom is 0.262 e. The molecule has 0 saturated heterocycles. The highest BCUT2D eigenvalue weighted by molar-refractivity contribution is 7.92. The Morgan fingerprint density at radius 2 is 1.61 bits per heavy atom. The van der Waals surface area contributed by atoms with Gasteiger partial charge in [0, 0.05) is 12.6 Å². The SMILES string of the molecule is CNC(=O)c1ccc(C)c(S(=O)(=O)Nc2cc(C)ccc2C)c1. The number of rotatable bonds is 4. The summed E-state index contributed by atoms with van der Waals surface area (Å²) in [4.78, 5) is 11.8. The molecule has 2 aromatic carbocycles. The largest absolute Gasteiger partial charge is 0.355 e. The molecular formula is C17H20N2O3S. The second-order valence-electron chi connectivity index (χ2n) is 5.48. The molecule has 2 aromatic rings. The van der Waals surface area contributed by atoms with E-state index >= 15 is 0 Å². The number of carbonyl (C=O) groups is 1. The smallest absolute Gasteiger partial charge is 0.262 e. The molecular weight excluding hydrogens is 312 g/mol. The summed E-state index contributed by atoms with van der Waals surface area (Å²) < 4.78 is 28.0. The summed E-state index contributed by atoms with van der Waals surface area (Å²) in [5.74, 6) is -0.326. The van der Waals surface area contributed by atoms with E-state index in [9.17, 15) is 13.2 Å². The normalized spacial score (nSPS) is 11.1.